The largest absolute Gasteiger partial charge is 0.357 e. The number of hydrogen-bond acceptors (Lipinski definition) is 5. The van der Waals surface area contributed by atoms with Crippen molar-refractivity contribution in [2.45, 2.75) is 38.1 Å². The predicted molar refractivity (Wildman–Crippen MR) is 89.3 cm³/mol. The summed E-state index contributed by atoms with van der Waals surface area (Å²) in [5.41, 5.74) is 1.84. The molecule has 0 amide bonds. The van der Waals surface area contributed by atoms with Gasteiger partial charge in [0.05, 0.1) is 23.5 Å². The maximum Gasteiger partial charge on any atom is 0.165 e. The standard InChI is InChI=1S/C17H20N6/c1-22(13-5-3-2-4-6-13)16-7-8-19-17(21-16)14-11-20-23-10-9-18-12-15(14)23/h7-13H,2-6H2,1H3. The van der Waals surface area contributed by atoms with Crippen molar-refractivity contribution in [3.05, 3.63) is 37.1 Å². The van der Waals surface area contributed by atoms with Crippen LogP contribution in [0.5, 0.6) is 0 Å². The third-order valence-electron chi connectivity index (χ3n) is 4.69. The highest BCUT2D eigenvalue weighted by atomic mass is 15.2. The van der Waals surface area contributed by atoms with Gasteiger partial charge in [-0.25, -0.2) is 14.5 Å². The summed E-state index contributed by atoms with van der Waals surface area (Å²) in [6.07, 6.45) is 15.5. The molecule has 0 unspecified atom stereocenters. The topological polar surface area (TPSA) is 59.2 Å². The lowest BCUT2D eigenvalue weighted by atomic mass is 9.94. The van der Waals surface area contributed by atoms with Gasteiger partial charge in [0.25, 0.3) is 0 Å². The van der Waals surface area contributed by atoms with Gasteiger partial charge < -0.3 is 4.90 Å². The SMILES string of the molecule is CN(c1ccnc(-c2cnn3ccncc23)n1)C1CCCCC1. The number of aromatic nitrogens is 5. The average molecular weight is 308 g/mol. The van der Waals surface area contributed by atoms with Crippen LogP contribution < -0.4 is 4.90 Å². The van der Waals surface area contributed by atoms with E-state index in [1.54, 1.807) is 23.1 Å². The zero-order valence-electron chi connectivity index (χ0n) is 13.3. The van der Waals surface area contributed by atoms with Gasteiger partial charge in [-0.2, -0.15) is 5.10 Å². The molecule has 0 bridgehead atoms. The van der Waals surface area contributed by atoms with Crippen LogP contribution in [0.1, 0.15) is 32.1 Å². The molecular weight excluding hydrogens is 288 g/mol. The Hall–Kier alpha value is -2.50. The van der Waals surface area contributed by atoms with Gasteiger partial charge in [0, 0.05) is 31.7 Å². The molecule has 0 N–H and O–H groups in total. The van der Waals surface area contributed by atoms with E-state index in [0.717, 1.165) is 16.9 Å². The summed E-state index contributed by atoms with van der Waals surface area (Å²) in [4.78, 5) is 15.7. The molecule has 1 aliphatic rings. The monoisotopic (exact) mass is 308 g/mol. The van der Waals surface area contributed by atoms with Crippen molar-refractivity contribution in [1.29, 1.82) is 0 Å². The fraction of sp³-hybridized carbons (Fsp3) is 0.412. The Morgan fingerprint density at radius 3 is 2.87 bits per heavy atom. The molecule has 1 aliphatic carbocycles. The zero-order valence-corrected chi connectivity index (χ0v) is 13.3. The number of anilines is 1. The van der Waals surface area contributed by atoms with Gasteiger partial charge in [0.15, 0.2) is 5.82 Å². The highest BCUT2D eigenvalue weighted by Gasteiger charge is 2.20. The van der Waals surface area contributed by atoms with E-state index in [1.165, 1.54) is 32.1 Å². The number of fused-ring (bicyclic) bond motifs is 1. The quantitative estimate of drug-likeness (QED) is 0.744. The Bertz CT molecular complexity index is 805. The molecule has 118 valence electrons. The lowest BCUT2D eigenvalue weighted by molar-refractivity contribution is 0.426. The molecule has 3 aromatic rings. The van der Waals surface area contributed by atoms with E-state index in [-0.39, 0.29) is 0 Å². The molecule has 23 heavy (non-hydrogen) atoms. The first kappa shape index (κ1) is 14.1. The summed E-state index contributed by atoms with van der Waals surface area (Å²) in [6.45, 7) is 0. The fourth-order valence-corrected chi connectivity index (χ4v) is 3.34. The van der Waals surface area contributed by atoms with E-state index in [0.29, 0.717) is 11.9 Å². The summed E-state index contributed by atoms with van der Waals surface area (Å²) in [5.74, 6) is 1.68. The third-order valence-corrected chi connectivity index (χ3v) is 4.69. The number of nitrogens with zero attached hydrogens (tertiary/aromatic N) is 6. The minimum Gasteiger partial charge on any atom is -0.357 e. The molecule has 6 nitrogen and oxygen atoms in total. The van der Waals surface area contributed by atoms with Gasteiger partial charge in [-0.1, -0.05) is 19.3 Å². The Kier molecular flexibility index (Phi) is 3.65. The molecule has 1 fully saturated rings. The van der Waals surface area contributed by atoms with Crippen LogP contribution in [-0.2, 0) is 0 Å². The highest BCUT2D eigenvalue weighted by Crippen LogP contribution is 2.27. The van der Waals surface area contributed by atoms with Crippen LogP contribution >= 0.6 is 0 Å². The summed E-state index contributed by atoms with van der Waals surface area (Å²) in [7, 11) is 2.14. The van der Waals surface area contributed by atoms with Gasteiger partial charge in [-0.05, 0) is 18.9 Å². The zero-order chi connectivity index (χ0) is 15.6. The molecule has 1 saturated carbocycles. The van der Waals surface area contributed by atoms with Crippen LogP contribution in [0.25, 0.3) is 16.9 Å². The molecule has 0 aromatic carbocycles. The van der Waals surface area contributed by atoms with Crippen LogP contribution in [0.15, 0.2) is 37.1 Å². The summed E-state index contributed by atoms with van der Waals surface area (Å²) in [5, 5.41) is 4.34. The minimum atomic E-state index is 0.581. The van der Waals surface area contributed by atoms with Crippen molar-refractivity contribution >= 4 is 11.3 Å². The van der Waals surface area contributed by atoms with E-state index >= 15 is 0 Å². The van der Waals surface area contributed by atoms with E-state index in [1.807, 2.05) is 18.5 Å². The molecule has 3 heterocycles. The van der Waals surface area contributed by atoms with Crippen molar-refractivity contribution in [2.75, 3.05) is 11.9 Å². The van der Waals surface area contributed by atoms with E-state index in [9.17, 15) is 0 Å². The van der Waals surface area contributed by atoms with E-state index in [2.05, 4.69) is 27.0 Å². The first-order valence-electron chi connectivity index (χ1n) is 8.16. The van der Waals surface area contributed by atoms with E-state index in [4.69, 9.17) is 4.98 Å². The van der Waals surface area contributed by atoms with E-state index < -0.39 is 0 Å². The maximum absolute atomic E-state index is 4.77. The normalized spacial score (nSPS) is 15.9. The lowest BCUT2D eigenvalue weighted by Crippen LogP contribution is -2.33. The highest BCUT2D eigenvalue weighted by molar-refractivity contribution is 5.75. The van der Waals surface area contributed by atoms with Gasteiger partial charge in [-0.15, -0.1) is 0 Å². The third kappa shape index (κ3) is 2.65. The van der Waals surface area contributed by atoms with Crippen molar-refractivity contribution in [3.8, 4) is 11.4 Å². The van der Waals surface area contributed by atoms with Crippen LogP contribution in [0.3, 0.4) is 0 Å². The van der Waals surface area contributed by atoms with Crippen molar-refractivity contribution in [1.82, 2.24) is 24.6 Å². The van der Waals surface area contributed by atoms with Gasteiger partial charge >= 0.3 is 0 Å². The molecule has 4 rings (SSSR count). The number of rotatable bonds is 3. The van der Waals surface area contributed by atoms with Crippen molar-refractivity contribution in [2.24, 2.45) is 0 Å². The average Bonchev–Trinajstić information content (AvgIpc) is 3.06. The second-order valence-corrected chi connectivity index (χ2v) is 6.11. The van der Waals surface area contributed by atoms with Crippen LogP contribution in [-0.4, -0.2) is 37.7 Å². The van der Waals surface area contributed by atoms with Crippen molar-refractivity contribution < 1.29 is 0 Å². The first-order chi connectivity index (χ1) is 11.3. The molecular formula is C17H20N6. The molecule has 0 saturated heterocycles. The van der Waals surface area contributed by atoms with Crippen molar-refractivity contribution in [3.63, 3.8) is 0 Å². The summed E-state index contributed by atoms with van der Waals surface area (Å²) < 4.78 is 1.79. The molecule has 3 aromatic heterocycles. The Morgan fingerprint density at radius 2 is 2.00 bits per heavy atom. The lowest BCUT2D eigenvalue weighted by Gasteiger charge is -2.32. The molecule has 0 atom stereocenters. The summed E-state index contributed by atoms with van der Waals surface area (Å²) >= 11 is 0. The molecule has 0 radical (unpaired) electrons. The molecule has 0 spiro atoms. The Morgan fingerprint density at radius 1 is 1.13 bits per heavy atom. The Balaban J connectivity index is 1.68. The number of hydrogen-bond donors (Lipinski definition) is 0. The smallest absolute Gasteiger partial charge is 0.165 e. The van der Waals surface area contributed by atoms with Crippen LogP contribution in [0.4, 0.5) is 5.82 Å². The predicted octanol–water partition coefficient (Wildman–Crippen LogP) is 2.96. The maximum atomic E-state index is 4.77. The second kappa shape index (κ2) is 5.95. The second-order valence-electron chi connectivity index (χ2n) is 6.11. The molecule has 6 heteroatoms. The van der Waals surface area contributed by atoms with Gasteiger partial charge in [0.2, 0.25) is 0 Å². The minimum absolute atomic E-state index is 0.581. The first-order valence-corrected chi connectivity index (χ1v) is 8.16. The fourth-order valence-electron chi connectivity index (χ4n) is 3.34. The summed E-state index contributed by atoms with van der Waals surface area (Å²) in [6, 6.07) is 2.57. The van der Waals surface area contributed by atoms with Crippen LogP contribution in [0.2, 0.25) is 0 Å². The Labute approximate surface area is 135 Å². The van der Waals surface area contributed by atoms with Crippen LogP contribution in [0, 0.1) is 0 Å². The van der Waals surface area contributed by atoms with Gasteiger partial charge in [0.1, 0.15) is 5.82 Å². The molecule has 0 aliphatic heterocycles. The van der Waals surface area contributed by atoms with Gasteiger partial charge in [-0.3, -0.25) is 4.98 Å².